The minimum Gasteiger partial charge on any atom is -0.487 e. The number of fused-ring (bicyclic) bond motifs is 3. The summed E-state index contributed by atoms with van der Waals surface area (Å²) in [5.41, 5.74) is 1.25. The lowest BCUT2D eigenvalue weighted by atomic mass is 10.0. The Kier molecular flexibility index (Phi) is 2.90. The molecule has 1 aromatic heterocycles. The van der Waals surface area contributed by atoms with Gasteiger partial charge in [-0.15, -0.1) is 0 Å². The van der Waals surface area contributed by atoms with E-state index in [-0.39, 0.29) is 0 Å². The van der Waals surface area contributed by atoms with Crippen LogP contribution >= 0.6 is 0 Å². The predicted octanol–water partition coefficient (Wildman–Crippen LogP) is 2.19. The Hall–Kier alpha value is -1.29. The first-order chi connectivity index (χ1) is 8.70. The highest BCUT2D eigenvalue weighted by atomic mass is 16.5. The number of nitrogens with zero attached hydrogens (tertiary/aromatic N) is 2. The van der Waals surface area contributed by atoms with Crippen LogP contribution in [0.25, 0.3) is 0 Å². The van der Waals surface area contributed by atoms with Crippen molar-refractivity contribution in [3.8, 4) is 5.75 Å². The molecule has 3 rings (SSSR count). The van der Waals surface area contributed by atoms with Gasteiger partial charge in [-0.1, -0.05) is 13.8 Å². The fourth-order valence-corrected chi connectivity index (χ4v) is 2.90. The highest BCUT2D eigenvalue weighted by Crippen LogP contribution is 2.41. The molecule has 1 saturated heterocycles. The summed E-state index contributed by atoms with van der Waals surface area (Å²) in [4.78, 5) is 6.87. The van der Waals surface area contributed by atoms with Crippen LogP contribution in [-0.2, 0) is 4.74 Å². The summed E-state index contributed by atoms with van der Waals surface area (Å²) in [6.45, 7) is 6.05. The third-order valence-corrected chi connectivity index (χ3v) is 3.94. The minimum atomic E-state index is 0.300. The van der Waals surface area contributed by atoms with Gasteiger partial charge >= 0.3 is 0 Å². The number of hydrogen-bond donors (Lipinski definition) is 0. The van der Waals surface area contributed by atoms with Crippen molar-refractivity contribution in [3.63, 3.8) is 0 Å². The Balaban J connectivity index is 1.98. The number of anilines is 1. The molecule has 3 heterocycles. The van der Waals surface area contributed by atoms with Crippen LogP contribution in [0, 0.1) is 0 Å². The predicted molar refractivity (Wildman–Crippen MR) is 70.4 cm³/mol. The molecule has 0 bridgehead atoms. The largest absolute Gasteiger partial charge is 0.487 e. The summed E-state index contributed by atoms with van der Waals surface area (Å²) in [5, 5.41) is 0. The average Bonchev–Trinajstić information content (AvgIpc) is 2.81. The zero-order chi connectivity index (χ0) is 12.7. The summed E-state index contributed by atoms with van der Waals surface area (Å²) in [6, 6.07) is 2.48. The first kappa shape index (κ1) is 11.8. The summed E-state index contributed by atoms with van der Waals surface area (Å²) in [6.07, 6.45) is 3.22. The van der Waals surface area contributed by atoms with Gasteiger partial charge in [0.05, 0.1) is 12.1 Å². The Morgan fingerprint density at radius 1 is 1.50 bits per heavy atom. The van der Waals surface area contributed by atoms with E-state index in [4.69, 9.17) is 9.47 Å². The lowest BCUT2D eigenvalue weighted by molar-refractivity contribution is 0.116. The molecule has 4 nitrogen and oxygen atoms in total. The molecule has 1 fully saturated rings. The first-order valence-electron chi connectivity index (χ1n) is 6.61. The van der Waals surface area contributed by atoms with Crippen LogP contribution in [0.1, 0.15) is 31.7 Å². The number of ether oxygens (including phenoxy) is 2. The molecule has 0 unspecified atom stereocenters. The van der Waals surface area contributed by atoms with Gasteiger partial charge in [0.1, 0.15) is 6.61 Å². The van der Waals surface area contributed by atoms with Crippen molar-refractivity contribution >= 4 is 5.82 Å². The van der Waals surface area contributed by atoms with Gasteiger partial charge in [0, 0.05) is 25.4 Å². The fourth-order valence-electron chi connectivity index (χ4n) is 2.90. The van der Waals surface area contributed by atoms with Crippen LogP contribution in [0.5, 0.6) is 5.75 Å². The van der Waals surface area contributed by atoms with E-state index in [2.05, 4.69) is 29.8 Å². The van der Waals surface area contributed by atoms with Gasteiger partial charge in [-0.3, -0.25) is 0 Å². The highest BCUT2D eigenvalue weighted by molar-refractivity contribution is 5.60. The summed E-state index contributed by atoms with van der Waals surface area (Å²) >= 11 is 0. The van der Waals surface area contributed by atoms with Crippen molar-refractivity contribution in [2.75, 3.05) is 25.2 Å². The van der Waals surface area contributed by atoms with Crippen molar-refractivity contribution in [2.45, 2.75) is 38.3 Å². The van der Waals surface area contributed by atoms with Crippen molar-refractivity contribution in [1.82, 2.24) is 4.98 Å². The van der Waals surface area contributed by atoms with Gasteiger partial charge in [-0.2, -0.15) is 0 Å². The quantitative estimate of drug-likeness (QED) is 0.803. The summed E-state index contributed by atoms with van der Waals surface area (Å²) < 4.78 is 11.4. The van der Waals surface area contributed by atoms with Crippen LogP contribution in [0.15, 0.2) is 12.3 Å². The molecule has 0 radical (unpaired) electrons. The van der Waals surface area contributed by atoms with Gasteiger partial charge < -0.3 is 14.4 Å². The van der Waals surface area contributed by atoms with Gasteiger partial charge in [0.25, 0.3) is 0 Å². The van der Waals surface area contributed by atoms with Crippen molar-refractivity contribution in [3.05, 3.63) is 17.8 Å². The van der Waals surface area contributed by atoms with Crippen LogP contribution in [0.2, 0.25) is 0 Å². The topological polar surface area (TPSA) is 34.6 Å². The lowest BCUT2D eigenvalue weighted by Crippen LogP contribution is -2.39. The second-order valence-corrected chi connectivity index (χ2v) is 5.42. The normalized spacial score (nSPS) is 25.9. The number of rotatable bonds is 2. The summed E-state index contributed by atoms with van der Waals surface area (Å²) in [7, 11) is 1.78. The molecular weight excluding hydrogens is 228 g/mol. The van der Waals surface area contributed by atoms with E-state index in [9.17, 15) is 0 Å². The maximum Gasteiger partial charge on any atom is 0.172 e. The van der Waals surface area contributed by atoms with Gasteiger partial charge in [-0.25, -0.2) is 4.98 Å². The maximum atomic E-state index is 5.96. The monoisotopic (exact) mass is 248 g/mol. The molecule has 0 amide bonds. The second-order valence-electron chi connectivity index (χ2n) is 5.42. The lowest BCUT2D eigenvalue weighted by Gasteiger charge is -2.33. The molecule has 2 aliphatic rings. The van der Waals surface area contributed by atoms with Crippen LogP contribution in [-0.4, -0.2) is 37.4 Å². The van der Waals surface area contributed by atoms with Gasteiger partial charge in [-0.05, 0) is 18.4 Å². The molecular formula is C14H20N2O2. The number of aromatic nitrogens is 1. The SMILES string of the molecule is CO[C@H]1C[C@@H]2COc3c(C(C)C)ccnc3N2C1. The van der Waals surface area contributed by atoms with Crippen LogP contribution < -0.4 is 9.64 Å². The van der Waals surface area contributed by atoms with E-state index in [0.717, 1.165) is 31.1 Å². The average molecular weight is 248 g/mol. The standard InChI is InChI=1S/C14H20N2O2/c1-9(2)12-4-5-15-14-13(12)18-8-10-6-11(17-3)7-16(10)14/h4-5,9-11H,6-8H2,1-3H3/t10-,11+/m1/s1. The Morgan fingerprint density at radius 2 is 2.33 bits per heavy atom. The van der Waals surface area contributed by atoms with E-state index in [1.54, 1.807) is 7.11 Å². The summed E-state index contributed by atoms with van der Waals surface area (Å²) in [5.74, 6) is 2.43. The molecule has 1 aromatic rings. The molecule has 0 N–H and O–H groups in total. The van der Waals surface area contributed by atoms with Crippen molar-refractivity contribution in [2.24, 2.45) is 0 Å². The van der Waals surface area contributed by atoms with Gasteiger partial charge in [0.15, 0.2) is 11.6 Å². The van der Waals surface area contributed by atoms with Crippen molar-refractivity contribution < 1.29 is 9.47 Å². The maximum absolute atomic E-state index is 5.96. The zero-order valence-electron chi connectivity index (χ0n) is 11.2. The minimum absolute atomic E-state index is 0.300. The van der Waals surface area contributed by atoms with E-state index in [0.29, 0.717) is 18.1 Å². The number of pyridine rings is 1. The van der Waals surface area contributed by atoms with Crippen LogP contribution in [0.4, 0.5) is 5.82 Å². The molecule has 2 aliphatic heterocycles. The number of hydrogen-bond acceptors (Lipinski definition) is 4. The molecule has 4 heteroatoms. The Labute approximate surface area is 108 Å². The molecule has 18 heavy (non-hydrogen) atoms. The van der Waals surface area contributed by atoms with E-state index < -0.39 is 0 Å². The zero-order valence-corrected chi connectivity index (χ0v) is 11.2. The Morgan fingerprint density at radius 3 is 3.06 bits per heavy atom. The Bertz CT molecular complexity index is 447. The van der Waals surface area contributed by atoms with Gasteiger partial charge in [0.2, 0.25) is 0 Å². The second kappa shape index (κ2) is 4.43. The molecule has 2 atom stereocenters. The highest BCUT2D eigenvalue weighted by Gasteiger charge is 2.38. The smallest absolute Gasteiger partial charge is 0.172 e. The van der Waals surface area contributed by atoms with Crippen LogP contribution in [0.3, 0.4) is 0 Å². The molecule has 0 aliphatic carbocycles. The first-order valence-corrected chi connectivity index (χ1v) is 6.61. The van der Waals surface area contributed by atoms with E-state index in [1.807, 2.05) is 6.20 Å². The molecule has 0 aromatic carbocycles. The van der Waals surface area contributed by atoms with E-state index in [1.165, 1.54) is 5.56 Å². The third kappa shape index (κ3) is 1.75. The molecule has 0 spiro atoms. The van der Waals surface area contributed by atoms with Crippen molar-refractivity contribution in [1.29, 1.82) is 0 Å². The molecule has 0 saturated carbocycles. The number of methoxy groups -OCH3 is 1. The third-order valence-electron chi connectivity index (χ3n) is 3.94. The fraction of sp³-hybridized carbons (Fsp3) is 0.643. The van der Waals surface area contributed by atoms with E-state index >= 15 is 0 Å². The molecule has 98 valence electrons.